The van der Waals surface area contributed by atoms with Crippen LogP contribution in [0.1, 0.15) is 18.1 Å². The van der Waals surface area contributed by atoms with E-state index in [1.165, 1.54) is 0 Å². The minimum atomic E-state index is 0.702. The summed E-state index contributed by atoms with van der Waals surface area (Å²) in [5.74, 6) is 0.951. The third-order valence-electron chi connectivity index (χ3n) is 2.90. The lowest BCUT2D eigenvalue weighted by Crippen LogP contribution is -1.96. The molecule has 0 radical (unpaired) electrons. The Labute approximate surface area is 132 Å². The zero-order chi connectivity index (χ0) is 14.5. The van der Waals surface area contributed by atoms with Gasteiger partial charge in [-0.15, -0.1) is 11.8 Å². The lowest BCUT2D eigenvalue weighted by atomic mass is 10.1. The van der Waals surface area contributed by atoms with Crippen LogP contribution < -0.4 is 5.32 Å². The van der Waals surface area contributed by atoms with Gasteiger partial charge in [0.1, 0.15) is 6.07 Å². The summed E-state index contributed by atoms with van der Waals surface area (Å²) in [4.78, 5) is 1.02. The third kappa shape index (κ3) is 3.17. The van der Waals surface area contributed by atoms with E-state index in [1.54, 1.807) is 11.8 Å². The first-order valence-corrected chi connectivity index (χ1v) is 8.13. The molecule has 0 bridgehead atoms. The van der Waals surface area contributed by atoms with Crippen molar-refractivity contribution < 1.29 is 0 Å². The average molecular weight is 347 g/mol. The first kappa shape index (κ1) is 15.0. The Bertz CT molecular complexity index is 662. The molecule has 2 aromatic carbocycles. The van der Waals surface area contributed by atoms with Gasteiger partial charge in [0.05, 0.1) is 16.9 Å². The molecule has 4 heteroatoms. The Morgan fingerprint density at radius 2 is 1.90 bits per heavy atom. The zero-order valence-corrected chi connectivity index (χ0v) is 13.8. The molecule has 0 amide bonds. The van der Waals surface area contributed by atoms with E-state index in [2.05, 4.69) is 34.2 Å². The molecule has 0 aliphatic rings. The maximum Gasteiger partial charge on any atom is 0.103 e. The SMILES string of the molecule is CCSc1cccc(Nc2cccc(C)c2Br)c1C#N. The van der Waals surface area contributed by atoms with Crippen LogP contribution in [0, 0.1) is 18.3 Å². The fraction of sp³-hybridized carbons (Fsp3) is 0.188. The molecule has 0 spiro atoms. The standard InChI is InChI=1S/C16H15BrN2S/c1-3-20-15-9-5-7-13(12(15)10-18)19-14-8-4-6-11(2)16(14)17/h4-9,19H,3H2,1-2H3. The van der Waals surface area contributed by atoms with Gasteiger partial charge >= 0.3 is 0 Å². The summed E-state index contributed by atoms with van der Waals surface area (Å²) < 4.78 is 1.03. The molecule has 20 heavy (non-hydrogen) atoms. The molecule has 102 valence electrons. The number of rotatable bonds is 4. The van der Waals surface area contributed by atoms with Gasteiger partial charge in [0.25, 0.3) is 0 Å². The van der Waals surface area contributed by atoms with Crippen molar-refractivity contribution in [1.29, 1.82) is 5.26 Å². The summed E-state index contributed by atoms with van der Waals surface area (Å²) >= 11 is 5.27. The summed E-state index contributed by atoms with van der Waals surface area (Å²) in [6.07, 6.45) is 0. The smallest absolute Gasteiger partial charge is 0.103 e. The van der Waals surface area contributed by atoms with Gasteiger partial charge in [0.2, 0.25) is 0 Å². The van der Waals surface area contributed by atoms with E-state index < -0.39 is 0 Å². The van der Waals surface area contributed by atoms with Crippen molar-refractivity contribution >= 4 is 39.1 Å². The Morgan fingerprint density at radius 3 is 2.60 bits per heavy atom. The van der Waals surface area contributed by atoms with Crippen molar-refractivity contribution in [2.45, 2.75) is 18.7 Å². The molecule has 0 aromatic heterocycles. The second-order valence-electron chi connectivity index (χ2n) is 4.28. The molecule has 0 saturated carbocycles. The van der Waals surface area contributed by atoms with E-state index in [-0.39, 0.29) is 0 Å². The number of thioether (sulfide) groups is 1. The van der Waals surface area contributed by atoms with E-state index in [1.807, 2.05) is 43.3 Å². The maximum atomic E-state index is 9.41. The summed E-state index contributed by atoms with van der Waals surface area (Å²) in [6.45, 7) is 4.13. The Morgan fingerprint density at radius 1 is 1.20 bits per heavy atom. The van der Waals surface area contributed by atoms with Crippen LogP contribution in [0.4, 0.5) is 11.4 Å². The number of nitriles is 1. The molecule has 2 nitrogen and oxygen atoms in total. The van der Waals surface area contributed by atoms with Gasteiger partial charge in [0, 0.05) is 9.37 Å². The Kier molecular flexibility index (Phi) is 5.11. The minimum absolute atomic E-state index is 0.702. The van der Waals surface area contributed by atoms with Crippen molar-refractivity contribution in [2.24, 2.45) is 0 Å². The molecular weight excluding hydrogens is 332 g/mol. The Balaban J connectivity index is 2.41. The number of anilines is 2. The molecule has 0 unspecified atom stereocenters. The highest BCUT2D eigenvalue weighted by Crippen LogP contribution is 2.33. The molecule has 0 saturated heterocycles. The van der Waals surface area contributed by atoms with E-state index in [4.69, 9.17) is 0 Å². The summed E-state index contributed by atoms with van der Waals surface area (Å²) in [5.41, 5.74) is 3.68. The number of hydrogen-bond donors (Lipinski definition) is 1. The van der Waals surface area contributed by atoms with Gasteiger partial charge in [-0.05, 0) is 52.4 Å². The van der Waals surface area contributed by atoms with Crippen LogP contribution in [-0.2, 0) is 0 Å². The number of nitrogens with zero attached hydrogens (tertiary/aromatic N) is 1. The van der Waals surface area contributed by atoms with Crippen molar-refractivity contribution in [1.82, 2.24) is 0 Å². The number of hydrogen-bond acceptors (Lipinski definition) is 3. The predicted molar refractivity (Wildman–Crippen MR) is 89.7 cm³/mol. The molecule has 2 rings (SSSR count). The van der Waals surface area contributed by atoms with Gasteiger partial charge in [-0.3, -0.25) is 0 Å². The van der Waals surface area contributed by atoms with E-state index >= 15 is 0 Å². The lowest BCUT2D eigenvalue weighted by molar-refractivity contribution is 1.34. The monoisotopic (exact) mass is 346 g/mol. The fourth-order valence-electron chi connectivity index (χ4n) is 1.92. The number of nitrogens with one attached hydrogen (secondary N) is 1. The highest BCUT2D eigenvalue weighted by atomic mass is 79.9. The zero-order valence-electron chi connectivity index (χ0n) is 11.4. The average Bonchev–Trinajstić information content (AvgIpc) is 2.44. The topological polar surface area (TPSA) is 35.8 Å². The number of benzene rings is 2. The summed E-state index contributed by atoms with van der Waals surface area (Å²) in [5, 5.41) is 12.8. The highest BCUT2D eigenvalue weighted by molar-refractivity contribution is 9.10. The minimum Gasteiger partial charge on any atom is -0.353 e. The van der Waals surface area contributed by atoms with Crippen molar-refractivity contribution in [3.63, 3.8) is 0 Å². The van der Waals surface area contributed by atoms with Crippen molar-refractivity contribution in [3.05, 3.63) is 52.0 Å². The van der Waals surface area contributed by atoms with E-state index in [0.717, 1.165) is 32.1 Å². The van der Waals surface area contributed by atoms with Crippen LogP contribution in [0.5, 0.6) is 0 Å². The molecule has 0 aliphatic heterocycles. The van der Waals surface area contributed by atoms with Crippen molar-refractivity contribution in [3.8, 4) is 6.07 Å². The second kappa shape index (κ2) is 6.83. The largest absolute Gasteiger partial charge is 0.353 e. The van der Waals surface area contributed by atoms with Gasteiger partial charge in [-0.1, -0.05) is 25.1 Å². The third-order valence-corrected chi connectivity index (χ3v) is 4.89. The first-order chi connectivity index (χ1) is 9.67. The van der Waals surface area contributed by atoms with Gasteiger partial charge in [0.15, 0.2) is 0 Å². The molecule has 0 fully saturated rings. The molecule has 0 aliphatic carbocycles. The van der Waals surface area contributed by atoms with Crippen molar-refractivity contribution in [2.75, 3.05) is 11.1 Å². The molecule has 0 heterocycles. The molecule has 1 N–H and O–H groups in total. The number of aryl methyl sites for hydroxylation is 1. The number of halogens is 1. The second-order valence-corrected chi connectivity index (χ2v) is 6.38. The first-order valence-electron chi connectivity index (χ1n) is 6.35. The van der Waals surface area contributed by atoms with Crippen LogP contribution in [0.15, 0.2) is 45.8 Å². The Hall–Kier alpha value is -1.44. The predicted octanol–water partition coefficient (Wildman–Crippen LogP) is 5.48. The van der Waals surface area contributed by atoms with Crippen LogP contribution in [0.25, 0.3) is 0 Å². The van der Waals surface area contributed by atoms with E-state index in [9.17, 15) is 5.26 Å². The summed E-state index contributed by atoms with van der Waals surface area (Å²) in [6, 6.07) is 14.3. The highest BCUT2D eigenvalue weighted by Gasteiger charge is 2.10. The van der Waals surface area contributed by atoms with Gasteiger partial charge < -0.3 is 5.32 Å². The normalized spacial score (nSPS) is 10.1. The quantitative estimate of drug-likeness (QED) is 0.744. The maximum absolute atomic E-state index is 9.41. The van der Waals surface area contributed by atoms with E-state index in [0.29, 0.717) is 5.56 Å². The van der Waals surface area contributed by atoms with Crippen LogP contribution in [-0.4, -0.2) is 5.75 Å². The molecular formula is C16H15BrN2S. The van der Waals surface area contributed by atoms with Crippen LogP contribution >= 0.6 is 27.7 Å². The van der Waals surface area contributed by atoms with Gasteiger partial charge in [-0.2, -0.15) is 5.26 Å². The van der Waals surface area contributed by atoms with Crippen LogP contribution in [0.2, 0.25) is 0 Å². The molecule has 0 atom stereocenters. The lowest BCUT2D eigenvalue weighted by Gasteiger charge is -2.13. The summed E-state index contributed by atoms with van der Waals surface area (Å²) in [7, 11) is 0. The van der Waals surface area contributed by atoms with Gasteiger partial charge in [-0.25, -0.2) is 0 Å². The fourth-order valence-corrected chi connectivity index (χ4v) is 3.06. The van der Waals surface area contributed by atoms with Crippen LogP contribution in [0.3, 0.4) is 0 Å². The molecule has 2 aromatic rings.